The van der Waals surface area contributed by atoms with Crippen LogP contribution in [0.1, 0.15) is 40.0 Å². The molecule has 0 aromatic carbocycles. The number of alkyl halides is 1. The van der Waals surface area contributed by atoms with Crippen LogP contribution in [0.15, 0.2) is 0 Å². The molecule has 0 aliphatic heterocycles. The zero-order valence-corrected chi connectivity index (χ0v) is 10.9. The predicted molar refractivity (Wildman–Crippen MR) is 64.8 cm³/mol. The molecule has 0 atom stereocenters. The molecule has 1 amide bonds. The normalized spacial score (nSPS) is 24.0. The van der Waals surface area contributed by atoms with E-state index in [1.165, 1.54) is 0 Å². The van der Waals surface area contributed by atoms with Crippen molar-refractivity contribution in [3.63, 3.8) is 0 Å². The maximum absolute atomic E-state index is 11.9. The molecule has 0 spiro atoms. The van der Waals surface area contributed by atoms with Gasteiger partial charge in [-0.2, -0.15) is 0 Å². The molecular weight excluding hydrogens is 223 g/mol. The average Bonchev–Trinajstić information content (AvgIpc) is 2.10. The van der Waals surface area contributed by atoms with Gasteiger partial charge in [0.15, 0.2) is 0 Å². The minimum absolute atomic E-state index is 0.188. The number of nitrogens with one attached hydrogen (secondary N) is 2. The number of hydrogen-bond acceptors (Lipinski definition) is 3. The van der Waals surface area contributed by atoms with E-state index in [1.54, 1.807) is 0 Å². The second-order valence-corrected chi connectivity index (χ2v) is 5.51. The molecule has 0 aromatic heterocycles. The Labute approximate surface area is 102 Å². The predicted octanol–water partition coefficient (Wildman–Crippen LogP) is 1.99. The van der Waals surface area contributed by atoms with E-state index < -0.39 is 5.60 Å². The topological polar surface area (TPSA) is 50.4 Å². The fourth-order valence-corrected chi connectivity index (χ4v) is 1.75. The van der Waals surface area contributed by atoms with Gasteiger partial charge < -0.3 is 15.4 Å². The third kappa shape index (κ3) is 5.86. The van der Waals surface area contributed by atoms with Crippen molar-refractivity contribution >= 4 is 6.09 Å². The summed E-state index contributed by atoms with van der Waals surface area (Å²) in [6.45, 7) is 5.96. The lowest BCUT2D eigenvalue weighted by atomic mass is 9.87. The van der Waals surface area contributed by atoms with Gasteiger partial charge in [-0.15, -0.1) is 0 Å². The Balaban J connectivity index is 2.07. The van der Waals surface area contributed by atoms with E-state index in [1.807, 2.05) is 20.8 Å². The number of rotatable bonds is 5. The van der Waals surface area contributed by atoms with E-state index in [0.29, 0.717) is 19.0 Å². The van der Waals surface area contributed by atoms with Crippen molar-refractivity contribution in [2.24, 2.45) is 0 Å². The zero-order chi connectivity index (χ0) is 12.9. The Bertz CT molecular complexity index is 247. The quantitative estimate of drug-likeness (QED) is 0.729. The van der Waals surface area contributed by atoms with Crippen LogP contribution in [0.2, 0.25) is 0 Å². The van der Waals surface area contributed by atoms with Crippen LogP contribution in [0.25, 0.3) is 0 Å². The van der Waals surface area contributed by atoms with E-state index in [0.717, 1.165) is 12.8 Å². The smallest absolute Gasteiger partial charge is 0.407 e. The highest BCUT2D eigenvalue weighted by molar-refractivity contribution is 5.68. The van der Waals surface area contributed by atoms with Crippen molar-refractivity contribution in [1.29, 1.82) is 0 Å². The first-order valence-corrected chi connectivity index (χ1v) is 6.19. The fourth-order valence-electron chi connectivity index (χ4n) is 1.75. The molecule has 100 valence electrons. The van der Waals surface area contributed by atoms with Crippen LogP contribution in [-0.4, -0.2) is 37.0 Å². The highest BCUT2D eigenvalue weighted by Gasteiger charge is 2.30. The molecule has 0 radical (unpaired) electrons. The first kappa shape index (κ1) is 14.2. The summed E-state index contributed by atoms with van der Waals surface area (Å²) in [5.74, 6) is 0. The summed E-state index contributed by atoms with van der Waals surface area (Å²) in [5, 5.41) is 6.06. The average molecular weight is 246 g/mol. The zero-order valence-electron chi connectivity index (χ0n) is 10.9. The third-order valence-corrected chi connectivity index (χ3v) is 2.60. The van der Waals surface area contributed by atoms with Crippen LogP contribution in [0.4, 0.5) is 9.18 Å². The Kier molecular flexibility index (Phi) is 5.18. The lowest BCUT2D eigenvalue weighted by Crippen LogP contribution is -2.53. The van der Waals surface area contributed by atoms with E-state index in [2.05, 4.69) is 10.6 Å². The summed E-state index contributed by atoms with van der Waals surface area (Å²) in [6, 6.07) is 0.592. The molecule has 4 nitrogen and oxygen atoms in total. The minimum Gasteiger partial charge on any atom is -0.444 e. The van der Waals surface area contributed by atoms with Crippen LogP contribution in [0.3, 0.4) is 0 Å². The van der Waals surface area contributed by atoms with Gasteiger partial charge in [-0.25, -0.2) is 4.79 Å². The third-order valence-electron chi connectivity index (χ3n) is 2.60. The van der Waals surface area contributed by atoms with E-state index in [4.69, 9.17) is 4.74 Å². The summed E-state index contributed by atoms with van der Waals surface area (Å²) < 4.78 is 17.0. The number of ether oxygens (including phenoxy) is 1. The van der Waals surface area contributed by atoms with Gasteiger partial charge in [-0.1, -0.05) is 0 Å². The summed E-state index contributed by atoms with van der Waals surface area (Å²) in [5.41, 5.74) is -0.452. The number of amides is 1. The van der Waals surface area contributed by atoms with Crippen molar-refractivity contribution in [2.45, 2.75) is 57.7 Å². The Morgan fingerprint density at radius 2 is 2.00 bits per heavy atom. The molecule has 0 aromatic rings. The standard InChI is InChI=1S/C12H23FN2O2/c1-12(2,3)17-11(16)15-10-7-9(8-10)14-6-4-5-13/h9-10,14H,4-8H2,1-3H3,(H,15,16). The van der Waals surface area contributed by atoms with Crippen LogP contribution < -0.4 is 10.6 Å². The van der Waals surface area contributed by atoms with Gasteiger partial charge in [-0.3, -0.25) is 4.39 Å². The number of carbonyl (C=O) groups excluding carboxylic acids is 1. The lowest BCUT2D eigenvalue weighted by molar-refractivity contribution is 0.0465. The second-order valence-electron chi connectivity index (χ2n) is 5.51. The monoisotopic (exact) mass is 246 g/mol. The van der Waals surface area contributed by atoms with Crippen molar-refractivity contribution < 1.29 is 13.9 Å². The molecule has 17 heavy (non-hydrogen) atoms. The fraction of sp³-hybridized carbons (Fsp3) is 0.917. The maximum atomic E-state index is 11.9. The number of carbonyl (C=O) groups is 1. The molecule has 5 heteroatoms. The summed E-state index contributed by atoms with van der Waals surface area (Å²) in [7, 11) is 0. The highest BCUT2D eigenvalue weighted by atomic mass is 19.1. The van der Waals surface area contributed by atoms with Crippen molar-refractivity contribution in [2.75, 3.05) is 13.2 Å². The largest absolute Gasteiger partial charge is 0.444 e. The lowest BCUT2D eigenvalue weighted by Gasteiger charge is -2.36. The Morgan fingerprint density at radius 3 is 2.53 bits per heavy atom. The van der Waals surface area contributed by atoms with E-state index in [-0.39, 0.29) is 18.8 Å². The molecule has 1 saturated carbocycles. The van der Waals surface area contributed by atoms with Crippen molar-refractivity contribution in [3.8, 4) is 0 Å². The molecule has 1 rings (SSSR count). The summed E-state index contributed by atoms with van der Waals surface area (Å²) in [6.07, 6.45) is 1.99. The van der Waals surface area contributed by atoms with Crippen LogP contribution in [0, 0.1) is 0 Å². The maximum Gasteiger partial charge on any atom is 0.407 e. The van der Waals surface area contributed by atoms with Crippen molar-refractivity contribution in [1.82, 2.24) is 10.6 Å². The van der Waals surface area contributed by atoms with E-state index >= 15 is 0 Å². The Morgan fingerprint density at radius 1 is 1.35 bits per heavy atom. The van der Waals surface area contributed by atoms with Gasteiger partial charge in [0, 0.05) is 12.1 Å². The van der Waals surface area contributed by atoms with Crippen LogP contribution >= 0.6 is 0 Å². The van der Waals surface area contributed by atoms with Crippen LogP contribution in [0.5, 0.6) is 0 Å². The molecule has 2 N–H and O–H groups in total. The first-order valence-electron chi connectivity index (χ1n) is 6.19. The van der Waals surface area contributed by atoms with Gasteiger partial charge in [0.1, 0.15) is 5.60 Å². The molecule has 0 saturated heterocycles. The van der Waals surface area contributed by atoms with Crippen molar-refractivity contribution in [3.05, 3.63) is 0 Å². The number of alkyl carbamates (subject to hydrolysis) is 1. The molecule has 1 fully saturated rings. The van der Waals surface area contributed by atoms with Gasteiger partial charge in [0.25, 0.3) is 0 Å². The summed E-state index contributed by atoms with van der Waals surface area (Å²) in [4.78, 5) is 11.4. The molecule has 1 aliphatic carbocycles. The van der Waals surface area contributed by atoms with Crippen LogP contribution in [-0.2, 0) is 4.74 Å². The highest BCUT2D eigenvalue weighted by Crippen LogP contribution is 2.20. The van der Waals surface area contributed by atoms with Gasteiger partial charge in [0.2, 0.25) is 0 Å². The second kappa shape index (κ2) is 6.19. The Hall–Kier alpha value is -0.840. The van der Waals surface area contributed by atoms with Gasteiger partial charge in [0.05, 0.1) is 6.67 Å². The van der Waals surface area contributed by atoms with E-state index in [9.17, 15) is 9.18 Å². The molecule has 0 heterocycles. The molecular formula is C12H23FN2O2. The molecule has 0 bridgehead atoms. The minimum atomic E-state index is -0.452. The number of halogens is 1. The molecule has 1 aliphatic rings. The van der Waals surface area contributed by atoms with Gasteiger partial charge >= 0.3 is 6.09 Å². The summed E-state index contributed by atoms with van der Waals surface area (Å²) >= 11 is 0. The van der Waals surface area contributed by atoms with Gasteiger partial charge in [-0.05, 0) is 46.6 Å². The first-order chi connectivity index (χ1) is 7.90. The number of hydrogen-bond donors (Lipinski definition) is 2. The molecule has 0 unspecified atom stereocenters. The SMILES string of the molecule is CC(C)(C)OC(=O)NC1CC(NCCCF)C1.